The summed E-state index contributed by atoms with van der Waals surface area (Å²) < 4.78 is 11.3. The third-order valence-corrected chi connectivity index (χ3v) is 3.47. The van der Waals surface area contributed by atoms with Crippen LogP contribution >= 0.6 is 0 Å². The zero-order valence-electron chi connectivity index (χ0n) is 13.7. The predicted octanol–water partition coefficient (Wildman–Crippen LogP) is 4.02. The molecule has 0 unspecified atom stereocenters. The van der Waals surface area contributed by atoms with Crippen LogP contribution in [0.4, 0.5) is 5.69 Å². The van der Waals surface area contributed by atoms with Crippen molar-refractivity contribution in [3.63, 3.8) is 0 Å². The number of ketones is 1. The zero-order chi connectivity index (χ0) is 16.7. The van der Waals surface area contributed by atoms with Crippen LogP contribution in [0, 0.1) is 6.92 Å². The van der Waals surface area contributed by atoms with Crippen molar-refractivity contribution in [3.8, 4) is 11.5 Å². The van der Waals surface area contributed by atoms with E-state index in [2.05, 4.69) is 0 Å². The molecule has 0 aliphatic carbocycles. The molecular formula is C19H23NO3. The largest absolute Gasteiger partial charge is 0.494 e. The Morgan fingerprint density at radius 2 is 1.78 bits per heavy atom. The molecule has 0 saturated carbocycles. The van der Waals surface area contributed by atoms with E-state index in [9.17, 15) is 4.79 Å². The van der Waals surface area contributed by atoms with Crippen LogP contribution in [0.25, 0.3) is 0 Å². The van der Waals surface area contributed by atoms with E-state index >= 15 is 0 Å². The molecule has 0 atom stereocenters. The lowest BCUT2D eigenvalue weighted by molar-refractivity contribution is 0.101. The van der Waals surface area contributed by atoms with Gasteiger partial charge in [-0.2, -0.15) is 0 Å². The first-order valence-corrected chi connectivity index (χ1v) is 7.79. The number of benzene rings is 2. The lowest BCUT2D eigenvalue weighted by Gasteiger charge is -2.10. The van der Waals surface area contributed by atoms with E-state index in [1.165, 1.54) is 12.5 Å². The predicted molar refractivity (Wildman–Crippen MR) is 92.3 cm³/mol. The smallest absolute Gasteiger partial charge is 0.159 e. The van der Waals surface area contributed by atoms with Crippen molar-refractivity contribution in [3.05, 3.63) is 53.6 Å². The monoisotopic (exact) mass is 313 g/mol. The quantitative estimate of drug-likeness (QED) is 0.454. The van der Waals surface area contributed by atoms with Crippen LogP contribution in [0.15, 0.2) is 42.5 Å². The van der Waals surface area contributed by atoms with Crippen molar-refractivity contribution in [1.82, 2.24) is 0 Å². The van der Waals surface area contributed by atoms with Crippen LogP contribution < -0.4 is 15.2 Å². The van der Waals surface area contributed by atoms with E-state index in [1.54, 1.807) is 18.2 Å². The molecule has 0 saturated heterocycles. The van der Waals surface area contributed by atoms with Gasteiger partial charge in [-0.1, -0.05) is 12.1 Å². The molecule has 0 fully saturated rings. The number of unbranched alkanes of at least 4 members (excludes halogenated alkanes) is 1. The number of carbonyl (C=O) groups excluding carboxylic acids is 1. The first-order valence-electron chi connectivity index (χ1n) is 7.79. The standard InChI is InChI=1S/C19H23NO3/c1-14-6-5-7-17(12-14)22-10-3-4-11-23-19-9-8-16(15(2)21)13-18(19)20/h5-9,12-13H,3-4,10-11,20H2,1-2H3. The Hall–Kier alpha value is -2.49. The number of ether oxygens (including phenoxy) is 2. The van der Waals surface area contributed by atoms with Crippen LogP contribution in [0.1, 0.15) is 35.7 Å². The van der Waals surface area contributed by atoms with Crippen LogP contribution in [-0.2, 0) is 0 Å². The zero-order valence-corrected chi connectivity index (χ0v) is 13.7. The van der Waals surface area contributed by atoms with Gasteiger partial charge in [0.15, 0.2) is 5.78 Å². The number of rotatable bonds is 8. The molecule has 0 aliphatic heterocycles. The molecule has 0 aliphatic rings. The molecule has 0 spiro atoms. The minimum atomic E-state index is -0.00320. The molecule has 2 aromatic rings. The molecule has 122 valence electrons. The van der Waals surface area contributed by atoms with E-state index in [-0.39, 0.29) is 5.78 Å². The third kappa shape index (κ3) is 5.33. The second-order valence-corrected chi connectivity index (χ2v) is 5.53. The Balaban J connectivity index is 1.68. The molecule has 2 N–H and O–H groups in total. The van der Waals surface area contributed by atoms with Gasteiger partial charge in [0.2, 0.25) is 0 Å². The second-order valence-electron chi connectivity index (χ2n) is 5.53. The highest BCUT2D eigenvalue weighted by molar-refractivity contribution is 5.95. The second kappa shape index (κ2) is 8.22. The van der Waals surface area contributed by atoms with Gasteiger partial charge in [-0.15, -0.1) is 0 Å². The van der Waals surface area contributed by atoms with Crippen LogP contribution in [-0.4, -0.2) is 19.0 Å². The number of nitrogens with two attached hydrogens (primary N) is 1. The maximum Gasteiger partial charge on any atom is 0.159 e. The highest BCUT2D eigenvalue weighted by Gasteiger charge is 2.05. The molecule has 4 nitrogen and oxygen atoms in total. The van der Waals surface area contributed by atoms with Gasteiger partial charge in [-0.05, 0) is 62.6 Å². The van der Waals surface area contributed by atoms with Gasteiger partial charge >= 0.3 is 0 Å². The van der Waals surface area contributed by atoms with Crippen molar-refractivity contribution < 1.29 is 14.3 Å². The maximum atomic E-state index is 11.3. The fourth-order valence-corrected chi connectivity index (χ4v) is 2.18. The summed E-state index contributed by atoms with van der Waals surface area (Å²) in [7, 11) is 0. The van der Waals surface area contributed by atoms with Gasteiger partial charge < -0.3 is 15.2 Å². The van der Waals surface area contributed by atoms with Crippen LogP contribution in [0.5, 0.6) is 11.5 Å². The van der Waals surface area contributed by atoms with Gasteiger partial charge in [0.25, 0.3) is 0 Å². The highest BCUT2D eigenvalue weighted by Crippen LogP contribution is 2.23. The van der Waals surface area contributed by atoms with Crippen molar-refractivity contribution >= 4 is 11.5 Å². The SMILES string of the molecule is CC(=O)c1ccc(OCCCCOc2cccc(C)c2)c(N)c1. The van der Waals surface area contributed by atoms with E-state index in [0.29, 0.717) is 30.2 Å². The topological polar surface area (TPSA) is 61.5 Å². The molecule has 0 heterocycles. The fraction of sp³-hybridized carbons (Fsp3) is 0.316. The minimum absolute atomic E-state index is 0.00320. The summed E-state index contributed by atoms with van der Waals surface area (Å²) in [5.41, 5.74) is 8.17. The summed E-state index contributed by atoms with van der Waals surface area (Å²) in [5, 5.41) is 0. The summed E-state index contributed by atoms with van der Waals surface area (Å²) in [6, 6.07) is 13.1. The van der Waals surface area contributed by atoms with Crippen molar-refractivity contribution in [2.75, 3.05) is 18.9 Å². The molecule has 2 rings (SSSR count). The minimum Gasteiger partial charge on any atom is -0.494 e. The average molecular weight is 313 g/mol. The van der Waals surface area contributed by atoms with Crippen molar-refractivity contribution in [1.29, 1.82) is 0 Å². The summed E-state index contributed by atoms with van der Waals surface area (Å²) in [6.07, 6.45) is 1.78. The number of carbonyl (C=O) groups is 1. The molecule has 2 aromatic carbocycles. The van der Waals surface area contributed by atoms with Crippen LogP contribution in [0.3, 0.4) is 0 Å². The van der Waals surface area contributed by atoms with Crippen molar-refractivity contribution in [2.45, 2.75) is 26.7 Å². The van der Waals surface area contributed by atoms with E-state index in [0.717, 1.165) is 18.6 Å². The third-order valence-electron chi connectivity index (χ3n) is 3.47. The Kier molecular flexibility index (Phi) is 6.03. The summed E-state index contributed by atoms with van der Waals surface area (Å²) >= 11 is 0. The summed E-state index contributed by atoms with van der Waals surface area (Å²) in [5.74, 6) is 1.51. The molecule has 23 heavy (non-hydrogen) atoms. The molecule has 4 heteroatoms. The molecule has 0 aromatic heterocycles. The molecular weight excluding hydrogens is 290 g/mol. The van der Waals surface area contributed by atoms with E-state index in [4.69, 9.17) is 15.2 Å². The van der Waals surface area contributed by atoms with Gasteiger partial charge in [0, 0.05) is 5.56 Å². The van der Waals surface area contributed by atoms with Crippen molar-refractivity contribution in [2.24, 2.45) is 0 Å². The first-order chi connectivity index (χ1) is 11.1. The first kappa shape index (κ1) is 16.9. The van der Waals surface area contributed by atoms with Gasteiger partial charge in [-0.25, -0.2) is 0 Å². The maximum absolute atomic E-state index is 11.3. The lowest BCUT2D eigenvalue weighted by Crippen LogP contribution is -2.04. The Morgan fingerprint density at radius 1 is 1.04 bits per heavy atom. The number of nitrogen functional groups attached to an aromatic ring is 1. The molecule has 0 radical (unpaired) electrons. The fourth-order valence-electron chi connectivity index (χ4n) is 2.18. The molecule has 0 bridgehead atoms. The number of hydrogen-bond donors (Lipinski definition) is 1. The normalized spacial score (nSPS) is 10.3. The van der Waals surface area contributed by atoms with Gasteiger partial charge in [0.1, 0.15) is 11.5 Å². The van der Waals surface area contributed by atoms with Gasteiger partial charge in [0.05, 0.1) is 18.9 Å². The Morgan fingerprint density at radius 3 is 2.43 bits per heavy atom. The van der Waals surface area contributed by atoms with Crippen LogP contribution in [0.2, 0.25) is 0 Å². The Bertz CT molecular complexity index is 667. The van der Waals surface area contributed by atoms with E-state index < -0.39 is 0 Å². The number of anilines is 1. The number of aryl methyl sites for hydroxylation is 1. The lowest BCUT2D eigenvalue weighted by atomic mass is 10.1. The van der Waals surface area contributed by atoms with Gasteiger partial charge in [-0.3, -0.25) is 4.79 Å². The summed E-state index contributed by atoms with van der Waals surface area (Å²) in [4.78, 5) is 11.3. The average Bonchev–Trinajstić information content (AvgIpc) is 2.52. The Labute approximate surface area is 137 Å². The molecule has 0 amide bonds. The highest BCUT2D eigenvalue weighted by atomic mass is 16.5. The van der Waals surface area contributed by atoms with E-state index in [1.807, 2.05) is 31.2 Å². The number of hydrogen-bond acceptors (Lipinski definition) is 4. The summed E-state index contributed by atoms with van der Waals surface area (Å²) in [6.45, 7) is 4.79. The number of Topliss-reactive ketones (excluding diaryl/α,β-unsaturated/α-hetero) is 1.